The van der Waals surface area contributed by atoms with Crippen molar-refractivity contribution < 1.29 is 14.3 Å². The summed E-state index contributed by atoms with van der Waals surface area (Å²) in [7, 11) is 0. The zero-order valence-corrected chi connectivity index (χ0v) is 16.8. The predicted molar refractivity (Wildman–Crippen MR) is 106 cm³/mol. The minimum atomic E-state index is -0.592. The van der Waals surface area contributed by atoms with Gasteiger partial charge in [0, 0.05) is 5.69 Å². The summed E-state index contributed by atoms with van der Waals surface area (Å²) in [6.45, 7) is 7.87. The molecule has 146 valence electrons. The van der Waals surface area contributed by atoms with E-state index in [2.05, 4.69) is 15.5 Å². The van der Waals surface area contributed by atoms with Gasteiger partial charge in [0.2, 0.25) is 11.9 Å². The number of carbonyl (C=O) groups excluding carboxylic acids is 2. The van der Waals surface area contributed by atoms with Crippen molar-refractivity contribution in [3.8, 4) is 0 Å². The molecule has 1 heterocycles. The van der Waals surface area contributed by atoms with E-state index in [0.29, 0.717) is 18.2 Å². The number of hydrogen-bond donors (Lipinski definition) is 2. The molecule has 9 heteroatoms. The predicted octanol–water partition coefficient (Wildman–Crippen LogP) is 2.72. The van der Waals surface area contributed by atoms with Crippen molar-refractivity contribution in [1.82, 2.24) is 14.8 Å². The Morgan fingerprint density at radius 3 is 2.67 bits per heavy atom. The molecule has 27 heavy (non-hydrogen) atoms. The third-order valence-electron chi connectivity index (χ3n) is 3.96. The Morgan fingerprint density at radius 2 is 2.04 bits per heavy atom. The molecule has 1 atom stereocenters. The van der Waals surface area contributed by atoms with Crippen LogP contribution >= 0.6 is 11.8 Å². The van der Waals surface area contributed by atoms with Gasteiger partial charge in [0.1, 0.15) is 6.04 Å². The number of thioether (sulfide) groups is 1. The highest BCUT2D eigenvalue weighted by molar-refractivity contribution is 7.99. The minimum absolute atomic E-state index is 0.0705. The van der Waals surface area contributed by atoms with Crippen molar-refractivity contribution in [1.29, 1.82) is 0 Å². The number of amides is 1. The number of aromatic nitrogens is 3. The Kier molecular flexibility index (Phi) is 7.23. The number of nitrogens with zero attached hydrogens (tertiary/aromatic N) is 3. The number of nitrogen functional groups attached to an aromatic ring is 1. The molecule has 0 saturated carbocycles. The van der Waals surface area contributed by atoms with Crippen LogP contribution in [0.3, 0.4) is 0 Å². The second kappa shape index (κ2) is 9.40. The molecule has 0 saturated heterocycles. The molecule has 0 aliphatic rings. The molecule has 1 unspecified atom stereocenters. The summed E-state index contributed by atoms with van der Waals surface area (Å²) in [5.74, 6) is -0.373. The van der Waals surface area contributed by atoms with Gasteiger partial charge in [0.25, 0.3) is 0 Å². The van der Waals surface area contributed by atoms with Crippen LogP contribution in [0, 0.1) is 13.8 Å². The van der Waals surface area contributed by atoms with E-state index in [9.17, 15) is 9.59 Å². The number of nitrogens with two attached hydrogens (primary N) is 1. The number of aryl methyl sites for hydroxylation is 2. The zero-order chi connectivity index (χ0) is 20.0. The first-order chi connectivity index (χ1) is 12.9. The lowest BCUT2D eigenvalue weighted by Gasteiger charge is -2.19. The summed E-state index contributed by atoms with van der Waals surface area (Å²) in [5, 5.41) is 11.2. The van der Waals surface area contributed by atoms with Gasteiger partial charge in [-0.15, -0.1) is 10.2 Å². The number of anilines is 2. The highest BCUT2D eigenvalue weighted by atomic mass is 32.2. The van der Waals surface area contributed by atoms with Crippen LogP contribution in [-0.2, 0) is 14.3 Å². The van der Waals surface area contributed by atoms with Crippen LogP contribution in [-0.4, -0.2) is 39.0 Å². The second-order valence-electron chi connectivity index (χ2n) is 6.04. The maximum absolute atomic E-state index is 12.9. The number of benzene rings is 1. The summed E-state index contributed by atoms with van der Waals surface area (Å²) in [4.78, 5) is 24.5. The van der Waals surface area contributed by atoms with Crippen LogP contribution in [0.1, 0.15) is 37.4 Å². The first kappa shape index (κ1) is 20.8. The molecule has 0 aliphatic heterocycles. The normalized spacial score (nSPS) is 11.9. The average molecular weight is 391 g/mol. The van der Waals surface area contributed by atoms with Crippen LogP contribution in [0.25, 0.3) is 0 Å². The van der Waals surface area contributed by atoms with Gasteiger partial charge < -0.3 is 15.8 Å². The highest BCUT2D eigenvalue weighted by Gasteiger charge is 2.25. The molecule has 3 N–H and O–H groups in total. The number of esters is 1. The lowest BCUT2D eigenvalue weighted by molar-refractivity contribution is -0.139. The van der Waals surface area contributed by atoms with E-state index in [0.717, 1.165) is 28.6 Å². The van der Waals surface area contributed by atoms with E-state index in [1.807, 2.05) is 39.0 Å². The summed E-state index contributed by atoms with van der Waals surface area (Å²) in [6, 6.07) is 5.23. The second-order valence-corrected chi connectivity index (χ2v) is 6.98. The first-order valence-electron chi connectivity index (χ1n) is 8.74. The molecule has 0 radical (unpaired) electrons. The van der Waals surface area contributed by atoms with E-state index in [1.54, 1.807) is 11.5 Å². The summed E-state index contributed by atoms with van der Waals surface area (Å²) in [6.07, 6.45) is 0.492. The van der Waals surface area contributed by atoms with E-state index >= 15 is 0 Å². The van der Waals surface area contributed by atoms with Gasteiger partial charge in [0.15, 0.2) is 5.16 Å². The third kappa shape index (κ3) is 5.22. The Bertz CT molecular complexity index is 821. The lowest BCUT2D eigenvalue weighted by atomic mass is 10.1. The molecular weight excluding hydrogens is 366 g/mol. The van der Waals surface area contributed by atoms with Crippen LogP contribution in [0.2, 0.25) is 0 Å². The minimum Gasteiger partial charge on any atom is -0.465 e. The van der Waals surface area contributed by atoms with Gasteiger partial charge in [-0.05, 0) is 38.8 Å². The van der Waals surface area contributed by atoms with Crippen LogP contribution in [0.15, 0.2) is 23.4 Å². The molecule has 1 aromatic heterocycles. The number of hydrogen-bond acceptors (Lipinski definition) is 7. The first-order valence-corrected chi connectivity index (χ1v) is 9.72. The van der Waals surface area contributed by atoms with Crippen LogP contribution < -0.4 is 11.1 Å². The van der Waals surface area contributed by atoms with Crippen molar-refractivity contribution in [2.24, 2.45) is 0 Å². The van der Waals surface area contributed by atoms with Gasteiger partial charge in [-0.25, -0.2) is 0 Å². The van der Waals surface area contributed by atoms with Gasteiger partial charge in [-0.1, -0.05) is 36.4 Å². The van der Waals surface area contributed by atoms with Gasteiger partial charge in [-0.3, -0.25) is 14.2 Å². The zero-order valence-electron chi connectivity index (χ0n) is 16.0. The van der Waals surface area contributed by atoms with Crippen molar-refractivity contribution in [3.63, 3.8) is 0 Å². The van der Waals surface area contributed by atoms with Crippen molar-refractivity contribution >= 4 is 35.3 Å². The van der Waals surface area contributed by atoms with Gasteiger partial charge in [0.05, 0.1) is 12.4 Å². The van der Waals surface area contributed by atoms with E-state index in [-0.39, 0.29) is 23.6 Å². The quantitative estimate of drug-likeness (QED) is 0.525. The van der Waals surface area contributed by atoms with Gasteiger partial charge >= 0.3 is 5.97 Å². The summed E-state index contributed by atoms with van der Waals surface area (Å²) in [5.41, 5.74) is 8.79. The molecule has 2 aromatic rings. The van der Waals surface area contributed by atoms with E-state index in [1.165, 1.54) is 0 Å². The molecule has 1 amide bonds. The van der Waals surface area contributed by atoms with Crippen molar-refractivity contribution in [2.75, 3.05) is 23.4 Å². The van der Waals surface area contributed by atoms with Crippen LogP contribution in [0.4, 0.5) is 11.6 Å². The Hall–Kier alpha value is -2.55. The maximum Gasteiger partial charge on any atom is 0.316 e. The third-order valence-corrected chi connectivity index (χ3v) is 4.87. The summed E-state index contributed by atoms with van der Waals surface area (Å²) >= 11 is 1.14. The fourth-order valence-electron chi connectivity index (χ4n) is 2.66. The standard InChI is InChI=1S/C18H25N5O3S/c1-5-14(16(25)20-13-8-7-11(3)9-12(13)4)23-17(19)21-22-18(23)27-10-15(24)26-6-2/h7-9,14H,5-6,10H2,1-4H3,(H2,19,21)(H,20,25). The van der Waals surface area contributed by atoms with E-state index in [4.69, 9.17) is 10.5 Å². The molecule has 0 aliphatic carbocycles. The average Bonchev–Trinajstić information content (AvgIpc) is 2.97. The number of carbonyl (C=O) groups is 2. The number of nitrogens with one attached hydrogen (secondary N) is 1. The molecule has 1 aromatic carbocycles. The highest BCUT2D eigenvalue weighted by Crippen LogP contribution is 2.27. The molecule has 8 nitrogen and oxygen atoms in total. The Labute approximate surface area is 162 Å². The Morgan fingerprint density at radius 1 is 1.30 bits per heavy atom. The number of rotatable bonds is 8. The largest absolute Gasteiger partial charge is 0.465 e. The number of ether oxygens (including phenoxy) is 1. The fourth-order valence-corrected chi connectivity index (χ4v) is 3.45. The molecule has 2 rings (SSSR count). The monoisotopic (exact) mass is 391 g/mol. The Balaban J connectivity index is 2.19. The maximum atomic E-state index is 12.9. The van der Waals surface area contributed by atoms with Crippen molar-refractivity contribution in [2.45, 2.75) is 45.3 Å². The topological polar surface area (TPSA) is 112 Å². The van der Waals surface area contributed by atoms with Crippen LogP contribution in [0.5, 0.6) is 0 Å². The SMILES string of the molecule is CCOC(=O)CSc1nnc(N)n1C(CC)C(=O)Nc1ccc(C)cc1C. The lowest BCUT2D eigenvalue weighted by Crippen LogP contribution is -2.27. The van der Waals surface area contributed by atoms with E-state index < -0.39 is 6.04 Å². The smallest absolute Gasteiger partial charge is 0.316 e. The molecule has 0 spiro atoms. The van der Waals surface area contributed by atoms with Crippen molar-refractivity contribution in [3.05, 3.63) is 29.3 Å². The van der Waals surface area contributed by atoms with Gasteiger partial charge in [-0.2, -0.15) is 0 Å². The fraction of sp³-hybridized carbons (Fsp3) is 0.444. The molecule has 0 bridgehead atoms. The molecule has 0 fully saturated rings. The summed E-state index contributed by atoms with van der Waals surface area (Å²) < 4.78 is 6.48. The molecular formula is C18H25N5O3S.